The van der Waals surface area contributed by atoms with Crippen molar-refractivity contribution in [2.24, 2.45) is 17.6 Å². The molecule has 6 heteroatoms. The predicted octanol–water partition coefficient (Wildman–Crippen LogP) is 1.53. The largest absolute Gasteiger partial charge is 0.393 e. The molecular formula is C20H32NO5. The molecule has 1 aliphatic carbocycles. The Morgan fingerprint density at radius 1 is 1.19 bits per heavy atom. The van der Waals surface area contributed by atoms with Gasteiger partial charge in [-0.3, -0.25) is 9.59 Å². The number of aliphatic hydroxyl groups excluding tert-OH is 3. The third-order valence-electron chi connectivity index (χ3n) is 4.87. The summed E-state index contributed by atoms with van der Waals surface area (Å²) in [4.78, 5) is 20.8. The van der Waals surface area contributed by atoms with Gasteiger partial charge >= 0.3 is 0 Å². The highest BCUT2D eigenvalue weighted by molar-refractivity contribution is 5.73. The van der Waals surface area contributed by atoms with Crippen LogP contribution in [0.2, 0.25) is 0 Å². The molecule has 26 heavy (non-hydrogen) atoms. The van der Waals surface area contributed by atoms with Gasteiger partial charge in [-0.05, 0) is 38.0 Å². The first-order chi connectivity index (χ1) is 12.5. The molecule has 0 unspecified atom stereocenters. The van der Waals surface area contributed by atoms with Gasteiger partial charge in [0.1, 0.15) is 0 Å². The fourth-order valence-corrected chi connectivity index (χ4v) is 3.38. The standard InChI is InChI=1S/C20H32NO5/c21-20(26)10-6-5-8-15(23)11-12-17-16(18(24)14-19(17)25)9-4-2-1-3-7-13-22/h2,4,11-12,15-19,23-25H,1,3,5-10,14H2,(H2,21,26)/b4-2-,12-11+/t15-,16-,17-,18+,19-/m1/s1. The van der Waals surface area contributed by atoms with Gasteiger partial charge in [-0.2, -0.15) is 0 Å². The number of nitrogens with two attached hydrogens (primary N) is 1. The normalized spacial score (nSPS) is 27.3. The average molecular weight is 366 g/mol. The van der Waals surface area contributed by atoms with E-state index in [9.17, 15) is 24.9 Å². The molecule has 0 spiro atoms. The van der Waals surface area contributed by atoms with Crippen molar-refractivity contribution >= 4 is 12.2 Å². The summed E-state index contributed by atoms with van der Waals surface area (Å²) in [5.74, 6) is -0.617. The number of carbonyl (C=O) groups is 1. The maximum Gasteiger partial charge on any atom is 0.217 e. The molecule has 0 aromatic carbocycles. The third kappa shape index (κ3) is 8.74. The highest BCUT2D eigenvalue weighted by Crippen LogP contribution is 2.36. The van der Waals surface area contributed by atoms with Crippen molar-refractivity contribution in [3.8, 4) is 0 Å². The van der Waals surface area contributed by atoms with E-state index in [1.54, 1.807) is 12.2 Å². The molecule has 0 bridgehead atoms. The smallest absolute Gasteiger partial charge is 0.217 e. The van der Waals surface area contributed by atoms with Gasteiger partial charge in [-0.1, -0.05) is 30.7 Å². The summed E-state index contributed by atoms with van der Waals surface area (Å²) >= 11 is 0. The zero-order valence-electron chi connectivity index (χ0n) is 15.3. The number of primary amides is 1. The Balaban J connectivity index is 2.44. The van der Waals surface area contributed by atoms with Gasteiger partial charge in [0.05, 0.1) is 18.3 Å². The number of hydrogen-bond donors (Lipinski definition) is 4. The monoisotopic (exact) mass is 366 g/mol. The van der Waals surface area contributed by atoms with Gasteiger partial charge in [0.25, 0.3) is 0 Å². The van der Waals surface area contributed by atoms with Crippen LogP contribution < -0.4 is 5.73 Å². The van der Waals surface area contributed by atoms with Gasteiger partial charge in [-0.15, -0.1) is 0 Å². The molecule has 0 aromatic heterocycles. The molecule has 0 heterocycles. The first kappa shape index (κ1) is 22.5. The lowest BCUT2D eigenvalue weighted by Crippen LogP contribution is -2.20. The Labute approximate surface area is 155 Å². The van der Waals surface area contributed by atoms with Crippen LogP contribution in [0.5, 0.6) is 0 Å². The van der Waals surface area contributed by atoms with Gasteiger partial charge in [0.2, 0.25) is 5.91 Å². The Kier molecular flexibility index (Phi) is 11.1. The molecule has 1 radical (unpaired) electrons. The molecule has 1 aliphatic rings. The van der Waals surface area contributed by atoms with E-state index in [-0.39, 0.29) is 17.7 Å². The molecule has 1 rings (SSSR count). The number of carbonyl (C=O) groups excluding carboxylic acids is 2. The second-order valence-corrected chi connectivity index (χ2v) is 7.02. The first-order valence-electron chi connectivity index (χ1n) is 9.46. The summed E-state index contributed by atoms with van der Waals surface area (Å²) < 4.78 is 0. The lowest BCUT2D eigenvalue weighted by Gasteiger charge is -2.19. The van der Waals surface area contributed by atoms with Crippen molar-refractivity contribution in [1.29, 1.82) is 0 Å². The molecule has 1 fully saturated rings. The van der Waals surface area contributed by atoms with Crippen LogP contribution in [0.15, 0.2) is 24.3 Å². The van der Waals surface area contributed by atoms with E-state index < -0.39 is 18.3 Å². The summed E-state index contributed by atoms with van der Waals surface area (Å²) in [6.07, 6.45) is 12.7. The number of rotatable bonds is 13. The van der Waals surface area contributed by atoms with Crippen LogP contribution in [-0.2, 0) is 9.59 Å². The summed E-state index contributed by atoms with van der Waals surface area (Å²) in [5.41, 5.74) is 5.08. The number of aliphatic hydroxyl groups is 3. The average Bonchev–Trinajstić information content (AvgIpc) is 2.86. The van der Waals surface area contributed by atoms with Gasteiger partial charge < -0.3 is 21.1 Å². The molecule has 6 nitrogen and oxygen atoms in total. The second-order valence-electron chi connectivity index (χ2n) is 7.02. The van der Waals surface area contributed by atoms with Crippen LogP contribution in [-0.4, -0.2) is 45.8 Å². The molecule has 0 saturated heterocycles. The third-order valence-corrected chi connectivity index (χ3v) is 4.87. The summed E-state index contributed by atoms with van der Waals surface area (Å²) in [5, 5.41) is 30.4. The number of unbranched alkanes of at least 4 members (excludes halogenated alkanes) is 3. The topological polar surface area (TPSA) is 121 Å². The second kappa shape index (κ2) is 12.8. The fourth-order valence-electron chi connectivity index (χ4n) is 3.38. The number of allylic oxidation sites excluding steroid dienone is 2. The lowest BCUT2D eigenvalue weighted by atomic mass is 9.89. The highest BCUT2D eigenvalue weighted by atomic mass is 16.3. The quantitative estimate of drug-likeness (QED) is 0.291. The van der Waals surface area contributed by atoms with Crippen LogP contribution in [0.1, 0.15) is 57.8 Å². The van der Waals surface area contributed by atoms with Crippen LogP contribution in [0, 0.1) is 11.8 Å². The van der Waals surface area contributed by atoms with Crippen molar-refractivity contribution in [3.63, 3.8) is 0 Å². The van der Waals surface area contributed by atoms with Crippen molar-refractivity contribution < 1.29 is 24.9 Å². The fraction of sp³-hybridized carbons (Fsp3) is 0.700. The number of hydrogen-bond acceptors (Lipinski definition) is 5. The Bertz CT molecular complexity index is 477. The number of amides is 1. The van der Waals surface area contributed by atoms with Crippen LogP contribution in [0.3, 0.4) is 0 Å². The molecule has 1 amide bonds. The van der Waals surface area contributed by atoms with Crippen molar-refractivity contribution in [2.45, 2.75) is 76.1 Å². The zero-order chi connectivity index (χ0) is 19.4. The van der Waals surface area contributed by atoms with E-state index in [4.69, 9.17) is 5.73 Å². The van der Waals surface area contributed by atoms with Crippen LogP contribution >= 0.6 is 0 Å². The highest BCUT2D eigenvalue weighted by Gasteiger charge is 2.39. The first-order valence-corrected chi connectivity index (χ1v) is 9.46. The van der Waals surface area contributed by atoms with Gasteiger partial charge in [0, 0.05) is 25.2 Å². The van der Waals surface area contributed by atoms with Crippen LogP contribution in [0.4, 0.5) is 0 Å². The van der Waals surface area contributed by atoms with E-state index in [1.165, 1.54) is 0 Å². The summed E-state index contributed by atoms with van der Waals surface area (Å²) in [7, 11) is 0. The Morgan fingerprint density at radius 2 is 1.96 bits per heavy atom. The van der Waals surface area contributed by atoms with Crippen LogP contribution in [0.25, 0.3) is 0 Å². The summed E-state index contributed by atoms with van der Waals surface area (Å²) in [6.45, 7) is 0. The van der Waals surface area contributed by atoms with Gasteiger partial charge in [0.15, 0.2) is 6.29 Å². The Hall–Kier alpha value is -1.50. The van der Waals surface area contributed by atoms with E-state index in [2.05, 4.69) is 0 Å². The maximum absolute atomic E-state index is 10.7. The molecule has 147 valence electrons. The van der Waals surface area contributed by atoms with Crippen molar-refractivity contribution in [2.75, 3.05) is 0 Å². The molecular weight excluding hydrogens is 334 g/mol. The molecule has 5 atom stereocenters. The van der Waals surface area contributed by atoms with Crippen molar-refractivity contribution in [3.05, 3.63) is 24.3 Å². The minimum absolute atomic E-state index is 0.0859. The van der Waals surface area contributed by atoms with E-state index in [0.717, 1.165) is 12.8 Å². The molecule has 1 saturated carbocycles. The molecule has 5 N–H and O–H groups in total. The molecule has 0 aromatic rings. The van der Waals surface area contributed by atoms with Gasteiger partial charge in [-0.25, -0.2) is 0 Å². The minimum atomic E-state index is -0.636. The zero-order valence-corrected chi connectivity index (χ0v) is 15.3. The maximum atomic E-state index is 10.7. The molecule has 0 aliphatic heterocycles. The SMILES string of the molecule is NC(=O)CCCC[C@@H](O)/C=C/[C@@H]1[C@@H](C/C=C\CCC[C]=O)[C@@H](O)C[C@H]1O. The summed E-state index contributed by atoms with van der Waals surface area (Å²) in [6, 6.07) is 0. The lowest BCUT2D eigenvalue weighted by molar-refractivity contribution is -0.118. The van der Waals surface area contributed by atoms with Crippen molar-refractivity contribution in [1.82, 2.24) is 0 Å². The van der Waals surface area contributed by atoms with E-state index >= 15 is 0 Å². The van der Waals surface area contributed by atoms with E-state index in [0.29, 0.717) is 44.9 Å². The Morgan fingerprint density at radius 3 is 2.65 bits per heavy atom. The minimum Gasteiger partial charge on any atom is -0.393 e. The van der Waals surface area contributed by atoms with E-state index in [1.807, 2.05) is 18.4 Å². The predicted molar refractivity (Wildman–Crippen MR) is 99.7 cm³/mol.